The van der Waals surface area contributed by atoms with Gasteiger partial charge in [-0.15, -0.1) is 11.3 Å². The Morgan fingerprint density at radius 1 is 0.971 bits per heavy atom. The Hall–Kier alpha value is -3.36. The number of benzene rings is 2. The number of amides is 2. The fourth-order valence-electron chi connectivity index (χ4n) is 3.48. The first kappa shape index (κ1) is 26.2. The number of carbonyl (C=O) groups excluding carboxylic acids is 2. The van der Waals surface area contributed by atoms with Gasteiger partial charge in [0.25, 0.3) is 0 Å². The fourth-order valence-corrected chi connectivity index (χ4v) is 4.12. The molecule has 0 fully saturated rings. The molecule has 1 heterocycles. The van der Waals surface area contributed by atoms with Gasteiger partial charge < -0.3 is 19.7 Å². The van der Waals surface area contributed by atoms with Crippen molar-refractivity contribution < 1.29 is 19.1 Å². The van der Waals surface area contributed by atoms with Crippen LogP contribution in [0.1, 0.15) is 22.9 Å². The normalized spacial score (nSPS) is 10.7. The monoisotopic (exact) mass is 495 g/mol. The number of nitrogens with one attached hydrogen (secondary N) is 1. The van der Waals surface area contributed by atoms with Crippen LogP contribution < -0.4 is 14.8 Å². The van der Waals surface area contributed by atoms with E-state index < -0.39 is 0 Å². The second kappa shape index (κ2) is 13.5. The summed E-state index contributed by atoms with van der Waals surface area (Å²) < 4.78 is 11.4. The highest BCUT2D eigenvalue weighted by Gasteiger charge is 2.17. The molecular weight excluding hydrogens is 462 g/mol. The molecule has 1 aromatic heterocycles. The van der Waals surface area contributed by atoms with Gasteiger partial charge in [0.05, 0.1) is 26.7 Å². The minimum Gasteiger partial charge on any atom is -0.493 e. The van der Waals surface area contributed by atoms with Crippen molar-refractivity contribution in [2.24, 2.45) is 0 Å². The Labute approximate surface area is 211 Å². The van der Waals surface area contributed by atoms with E-state index in [0.29, 0.717) is 37.7 Å². The number of hydrogen-bond donors (Lipinski definition) is 1. The Bertz CT molecular complexity index is 1070. The molecule has 0 unspecified atom stereocenters. The first-order chi connectivity index (χ1) is 17.0. The second-order valence-corrected chi connectivity index (χ2v) is 9.20. The molecule has 0 saturated heterocycles. The van der Waals surface area contributed by atoms with Gasteiger partial charge in [-0.25, -0.2) is 0 Å². The lowest BCUT2D eigenvalue weighted by Gasteiger charge is -2.24. The van der Waals surface area contributed by atoms with Crippen molar-refractivity contribution in [3.8, 4) is 11.5 Å². The standard InChI is InChI=1S/C27H33N3O4S/c1-4-30(18-26(31)28-16-23-11-8-14-35-23)19-27(32)29(2)17-22-12-13-24(25(15-22)33-3)34-20-21-9-6-5-7-10-21/h5-15H,4,16-20H2,1-3H3,(H,28,31). The van der Waals surface area contributed by atoms with Crippen LogP contribution >= 0.6 is 11.3 Å². The maximum absolute atomic E-state index is 12.8. The molecule has 0 aliphatic rings. The van der Waals surface area contributed by atoms with Crippen LogP contribution in [0.5, 0.6) is 11.5 Å². The van der Waals surface area contributed by atoms with Crippen molar-refractivity contribution in [2.45, 2.75) is 26.6 Å². The SMILES string of the molecule is CCN(CC(=O)NCc1cccs1)CC(=O)N(C)Cc1ccc(OCc2ccccc2)c(OC)c1. The van der Waals surface area contributed by atoms with E-state index in [0.717, 1.165) is 16.0 Å². The van der Waals surface area contributed by atoms with Crippen LogP contribution in [0, 0.1) is 0 Å². The molecule has 0 aliphatic carbocycles. The van der Waals surface area contributed by atoms with E-state index in [1.165, 1.54) is 0 Å². The molecule has 0 bridgehead atoms. The van der Waals surface area contributed by atoms with Gasteiger partial charge >= 0.3 is 0 Å². The number of methoxy groups -OCH3 is 1. The quantitative estimate of drug-likeness (QED) is 0.389. The first-order valence-corrected chi connectivity index (χ1v) is 12.5. The number of likely N-dealkylation sites (N-methyl/N-ethyl adjacent to an activating group) is 2. The molecule has 0 atom stereocenters. The molecule has 186 valence electrons. The van der Waals surface area contributed by atoms with Crippen LogP contribution in [-0.4, -0.2) is 55.4 Å². The van der Waals surface area contributed by atoms with E-state index in [-0.39, 0.29) is 24.9 Å². The highest BCUT2D eigenvalue weighted by molar-refractivity contribution is 7.09. The second-order valence-electron chi connectivity index (χ2n) is 8.17. The third-order valence-electron chi connectivity index (χ3n) is 5.52. The summed E-state index contributed by atoms with van der Waals surface area (Å²) >= 11 is 1.60. The van der Waals surface area contributed by atoms with Crippen molar-refractivity contribution in [1.82, 2.24) is 15.1 Å². The van der Waals surface area contributed by atoms with Crippen molar-refractivity contribution in [3.63, 3.8) is 0 Å². The molecule has 0 saturated carbocycles. The highest BCUT2D eigenvalue weighted by atomic mass is 32.1. The molecule has 8 heteroatoms. The number of rotatable bonds is 13. The topological polar surface area (TPSA) is 71.1 Å². The third kappa shape index (κ3) is 8.42. The predicted octanol–water partition coefficient (Wildman–Crippen LogP) is 3.93. The van der Waals surface area contributed by atoms with Gasteiger partial charge in [-0.3, -0.25) is 14.5 Å². The van der Waals surface area contributed by atoms with Crippen LogP contribution in [-0.2, 0) is 29.3 Å². The van der Waals surface area contributed by atoms with E-state index >= 15 is 0 Å². The van der Waals surface area contributed by atoms with E-state index in [1.54, 1.807) is 30.4 Å². The minimum atomic E-state index is -0.0912. The molecule has 1 N–H and O–H groups in total. The summed E-state index contributed by atoms with van der Waals surface area (Å²) in [6.07, 6.45) is 0. The number of thiophene rings is 1. The molecule has 0 spiro atoms. The number of ether oxygens (including phenoxy) is 2. The molecule has 0 aliphatic heterocycles. The van der Waals surface area contributed by atoms with Gasteiger partial charge in [-0.05, 0) is 41.3 Å². The molecule has 3 aromatic rings. The zero-order valence-corrected chi connectivity index (χ0v) is 21.3. The van der Waals surface area contributed by atoms with Gasteiger partial charge in [0.15, 0.2) is 11.5 Å². The Kier molecular flexibility index (Phi) is 10.1. The lowest BCUT2D eigenvalue weighted by atomic mass is 10.2. The Morgan fingerprint density at radius 2 is 1.77 bits per heavy atom. The average Bonchev–Trinajstić information content (AvgIpc) is 3.40. The lowest BCUT2D eigenvalue weighted by molar-refractivity contribution is -0.132. The van der Waals surface area contributed by atoms with Gasteiger partial charge in [0, 0.05) is 18.5 Å². The summed E-state index contributed by atoms with van der Waals surface area (Å²) in [6, 6.07) is 19.6. The summed E-state index contributed by atoms with van der Waals surface area (Å²) in [6.45, 7) is 4.29. The predicted molar refractivity (Wildman–Crippen MR) is 139 cm³/mol. The highest BCUT2D eigenvalue weighted by Crippen LogP contribution is 2.29. The molecule has 2 aromatic carbocycles. The van der Waals surface area contributed by atoms with Crippen molar-refractivity contribution in [2.75, 3.05) is 33.8 Å². The van der Waals surface area contributed by atoms with Crippen LogP contribution in [0.15, 0.2) is 66.0 Å². The molecule has 7 nitrogen and oxygen atoms in total. The molecular formula is C27H33N3O4S. The largest absolute Gasteiger partial charge is 0.493 e. The van der Waals surface area contributed by atoms with E-state index in [2.05, 4.69) is 5.32 Å². The summed E-state index contributed by atoms with van der Waals surface area (Å²) in [5.74, 6) is 1.13. The zero-order valence-electron chi connectivity index (χ0n) is 20.5. The summed E-state index contributed by atoms with van der Waals surface area (Å²) in [7, 11) is 3.37. The van der Waals surface area contributed by atoms with Gasteiger partial charge in [-0.2, -0.15) is 0 Å². The van der Waals surface area contributed by atoms with Crippen LogP contribution in [0.4, 0.5) is 0 Å². The van der Waals surface area contributed by atoms with E-state index in [9.17, 15) is 9.59 Å². The van der Waals surface area contributed by atoms with E-state index in [1.807, 2.05) is 77.9 Å². The third-order valence-corrected chi connectivity index (χ3v) is 6.40. The minimum absolute atomic E-state index is 0.0544. The van der Waals surface area contributed by atoms with E-state index in [4.69, 9.17) is 9.47 Å². The molecule has 2 amide bonds. The van der Waals surface area contributed by atoms with Crippen LogP contribution in [0.2, 0.25) is 0 Å². The average molecular weight is 496 g/mol. The Morgan fingerprint density at radius 3 is 2.46 bits per heavy atom. The van der Waals surface area contributed by atoms with Crippen molar-refractivity contribution >= 4 is 23.2 Å². The molecule has 3 rings (SSSR count). The van der Waals surface area contributed by atoms with Gasteiger partial charge in [0.1, 0.15) is 6.61 Å². The van der Waals surface area contributed by atoms with Crippen molar-refractivity contribution in [3.05, 3.63) is 82.0 Å². The summed E-state index contributed by atoms with van der Waals surface area (Å²) in [5, 5.41) is 4.89. The molecule has 0 radical (unpaired) electrons. The lowest BCUT2D eigenvalue weighted by Crippen LogP contribution is -2.43. The van der Waals surface area contributed by atoms with Crippen molar-refractivity contribution in [1.29, 1.82) is 0 Å². The van der Waals surface area contributed by atoms with Crippen LogP contribution in [0.25, 0.3) is 0 Å². The first-order valence-electron chi connectivity index (χ1n) is 11.6. The van der Waals surface area contributed by atoms with Gasteiger partial charge in [0.2, 0.25) is 11.8 Å². The Balaban J connectivity index is 1.50. The molecule has 35 heavy (non-hydrogen) atoms. The zero-order chi connectivity index (χ0) is 25.0. The number of nitrogens with zero attached hydrogens (tertiary/aromatic N) is 2. The van der Waals surface area contributed by atoms with Gasteiger partial charge in [-0.1, -0.05) is 49.4 Å². The summed E-state index contributed by atoms with van der Waals surface area (Å²) in [5.41, 5.74) is 2.01. The van der Waals surface area contributed by atoms with Crippen LogP contribution in [0.3, 0.4) is 0 Å². The number of carbonyl (C=O) groups is 2. The maximum Gasteiger partial charge on any atom is 0.236 e. The maximum atomic E-state index is 12.8. The smallest absolute Gasteiger partial charge is 0.236 e. The summed E-state index contributed by atoms with van der Waals surface area (Å²) in [4.78, 5) is 29.7. The fraction of sp³-hybridized carbons (Fsp3) is 0.333. The number of hydrogen-bond acceptors (Lipinski definition) is 6.